The lowest BCUT2D eigenvalue weighted by molar-refractivity contribution is -0.196. The smallest absolute Gasteiger partial charge is 0.261 e. The second-order valence-electron chi connectivity index (χ2n) is 11.2. The Morgan fingerprint density at radius 2 is 2.00 bits per heavy atom. The van der Waals surface area contributed by atoms with Gasteiger partial charge in [0.05, 0.1) is 29.9 Å². The molecule has 11 heteroatoms. The number of fused-ring (bicyclic) bond motifs is 1. The first-order chi connectivity index (χ1) is 18.4. The summed E-state index contributed by atoms with van der Waals surface area (Å²) in [7, 11) is -3.67. The number of hydrogen-bond donors (Lipinski definition) is 3. The first kappa shape index (κ1) is 26.2. The topological polar surface area (TPSA) is 128 Å². The third kappa shape index (κ3) is 3.67. The minimum absolute atomic E-state index is 0.0673. The molecule has 2 bridgehead atoms. The summed E-state index contributed by atoms with van der Waals surface area (Å²) < 4.78 is 47.0. The van der Waals surface area contributed by atoms with Gasteiger partial charge < -0.3 is 19.8 Å². The van der Waals surface area contributed by atoms with E-state index in [9.17, 15) is 27.8 Å². The van der Waals surface area contributed by atoms with E-state index in [0.29, 0.717) is 55.4 Å². The van der Waals surface area contributed by atoms with Crippen molar-refractivity contribution >= 4 is 16.0 Å². The molecule has 5 aliphatic rings. The number of aromatic hydroxyl groups is 1. The van der Waals surface area contributed by atoms with Crippen molar-refractivity contribution < 1.29 is 37.1 Å². The number of nitrogens with zero attached hydrogens (tertiary/aromatic N) is 2. The number of ether oxygens (including phenoxy) is 1. The second kappa shape index (κ2) is 8.76. The number of rotatable bonds is 3. The zero-order valence-electron chi connectivity index (χ0n) is 21.5. The van der Waals surface area contributed by atoms with Gasteiger partial charge in [0.2, 0.25) is 0 Å². The number of carbonyl (C=O) groups excluding carboxylic acids is 1. The standard InChI is InChI=1S/C27H27FN2O4.CH4O3S/c1-2-11-29-12-10-26-22-15-6-7-20(31)23(22)34-24(26)19(8-9-27(26,33)21(29)13-15)30-14-17-16(25(30)32)4-3-5-18(17)28;1-5(2,3)4/h2-7,19,21,24,31,33H,1,8-14H2;1H3,(H,2,3,4)/t19-,21-,24+,26+,27?;/m1./s1. The highest BCUT2D eigenvalue weighted by molar-refractivity contribution is 7.85. The van der Waals surface area contributed by atoms with Gasteiger partial charge in [-0.3, -0.25) is 14.2 Å². The van der Waals surface area contributed by atoms with Crippen LogP contribution in [-0.4, -0.2) is 82.0 Å². The van der Waals surface area contributed by atoms with Crippen molar-refractivity contribution in [2.24, 2.45) is 0 Å². The fraction of sp³-hybridized carbons (Fsp3) is 0.464. The summed E-state index contributed by atoms with van der Waals surface area (Å²) in [5.74, 6) is -0.0527. The Morgan fingerprint density at radius 3 is 2.69 bits per heavy atom. The number of phenolic OH excluding ortho intramolecular Hbond substituents is 1. The summed E-state index contributed by atoms with van der Waals surface area (Å²) in [5.41, 5.74) is 1.04. The van der Waals surface area contributed by atoms with Crippen LogP contribution in [0, 0.1) is 5.82 Å². The summed E-state index contributed by atoms with van der Waals surface area (Å²) in [5, 5.41) is 23.2. The molecule has 1 saturated heterocycles. The lowest BCUT2D eigenvalue weighted by atomic mass is 9.48. The highest BCUT2D eigenvalue weighted by atomic mass is 32.2. The van der Waals surface area contributed by atoms with Crippen molar-refractivity contribution in [3.63, 3.8) is 0 Å². The van der Waals surface area contributed by atoms with Gasteiger partial charge in [-0.25, -0.2) is 4.39 Å². The van der Waals surface area contributed by atoms with Gasteiger partial charge in [-0.15, -0.1) is 6.58 Å². The molecule has 1 spiro atoms. The predicted octanol–water partition coefficient (Wildman–Crippen LogP) is 2.40. The number of carbonyl (C=O) groups is 1. The maximum absolute atomic E-state index is 14.5. The predicted molar refractivity (Wildman–Crippen MR) is 140 cm³/mol. The van der Waals surface area contributed by atoms with Gasteiger partial charge in [0.25, 0.3) is 16.0 Å². The van der Waals surface area contributed by atoms with Crippen molar-refractivity contribution in [1.82, 2.24) is 9.80 Å². The SMILES string of the molecule is C=CCN1CC[C@]23c4c5ccc(O)c4O[C@H]2[C@H](N2Cc4c(F)cccc4C2=O)CCC3(O)[C@H]1C5.CS(=O)(=O)O. The molecule has 3 heterocycles. The van der Waals surface area contributed by atoms with Crippen LogP contribution in [0.15, 0.2) is 43.0 Å². The molecule has 0 aromatic heterocycles. The zero-order chi connectivity index (χ0) is 27.9. The molecule has 2 fully saturated rings. The number of hydrogen-bond acceptors (Lipinski definition) is 7. The van der Waals surface area contributed by atoms with Crippen molar-refractivity contribution in [2.45, 2.75) is 61.4 Å². The molecule has 39 heavy (non-hydrogen) atoms. The molecule has 3 aliphatic heterocycles. The van der Waals surface area contributed by atoms with Crippen LogP contribution in [0.4, 0.5) is 4.39 Å². The Labute approximate surface area is 226 Å². The van der Waals surface area contributed by atoms with Gasteiger partial charge in [-0.1, -0.05) is 18.2 Å². The van der Waals surface area contributed by atoms with Crippen LogP contribution < -0.4 is 4.74 Å². The summed E-state index contributed by atoms with van der Waals surface area (Å²) in [4.78, 5) is 17.4. The third-order valence-corrected chi connectivity index (χ3v) is 9.24. The van der Waals surface area contributed by atoms with Crippen molar-refractivity contribution in [3.8, 4) is 11.5 Å². The number of halogens is 1. The summed E-state index contributed by atoms with van der Waals surface area (Å²) in [6.45, 7) is 5.56. The Morgan fingerprint density at radius 1 is 1.26 bits per heavy atom. The normalized spacial score (nSPS) is 32.1. The number of benzene rings is 2. The molecule has 1 unspecified atom stereocenters. The molecule has 2 aromatic carbocycles. The zero-order valence-corrected chi connectivity index (χ0v) is 22.3. The quantitative estimate of drug-likeness (QED) is 0.387. The second-order valence-corrected chi connectivity index (χ2v) is 12.6. The van der Waals surface area contributed by atoms with E-state index in [1.54, 1.807) is 23.1 Å². The Hall–Kier alpha value is -2.99. The Bertz CT molecular complexity index is 1490. The molecule has 1 amide bonds. The minimum atomic E-state index is -3.67. The van der Waals surface area contributed by atoms with Gasteiger partial charge >= 0.3 is 0 Å². The first-order valence-corrected chi connectivity index (χ1v) is 14.9. The van der Waals surface area contributed by atoms with Gasteiger partial charge in [-0.2, -0.15) is 8.42 Å². The molecule has 5 atom stereocenters. The summed E-state index contributed by atoms with van der Waals surface area (Å²) in [6, 6.07) is 7.82. The summed E-state index contributed by atoms with van der Waals surface area (Å²) in [6.07, 6.45) is 4.47. The van der Waals surface area contributed by atoms with Crippen LogP contribution in [-0.2, 0) is 28.5 Å². The molecule has 1 saturated carbocycles. The lowest BCUT2D eigenvalue weighted by Crippen LogP contribution is -2.78. The minimum Gasteiger partial charge on any atom is -0.504 e. The third-order valence-electron chi connectivity index (χ3n) is 9.24. The average Bonchev–Trinajstić information content (AvgIpc) is 3.38. The number of amides is 1. The fourth-order valence-electron chi connectivity index (χ4n) is 7.89. The van der Waals surface area contributed by atoms with E-state index in [2.05, 4.69) is 11.5 Å². The van der Waals surface area contributed by atoms with Crippen molar-refractivity contribution in [2.75, 3.05) is 19.3 Å². The van der Waals surface area contributed by atoms with E-state index in [1.165, 1.54) is 6.07 Å². The number of aliphatic hydroxyl groups is 1. The van der Waals surface area contributed by atoms with Gasteiger partial charge in [0.15, 0.2) is 11.5 Å². The monoisotopic (exact) mass is 558 g/mol. The van der Waals surface area contributed by atoms with E-state index < -0.39 is 27.2 Å². The van der Waals surface area contributed by atoms with E-state index in [0.717, 1.165) is 17.7 Å². The van der Waals surface area contributed by atoms with Crippen LogP contribution in [0.5, 0.6) is 11.5 Å². The Kier molecular flexibility index (Phi) is 5.89. The Balaban J connectivity index is 0.000000510. The molecule has 0 radical (unpaired) electrons. The van der Waals surface area contributed by atoms with Crippen LogP contribution in [0.2, 0.25) is 0 Å². The van der Waals surface area contributed by atoms with E-state index in [-0.39, 0.29) is 36.1 Å². The van der Waals surface area contributed by atoms with E-state index >= 15 is 0 Å². The molecule has 208 valence electrons. The average molecular weight is 559 g/mol. The van der Waals surface area contributed by atoms with Gasteiger partial charge in [0, 0.05) is 29.3 Å². The van der Waals surface area contributed by atoms with Crippen LogP contribution in [0.25, 0.3) is 0 Å². The van der Waals surface area contributed by atoms with Crippen molar-refractivity contribution in [3.05, 3.63) is 71.1 Å². The number of piperidine rings is 1. The maximum atomic E-state index is 14.5. The molecule has 2 aliphatic carbocycles. The fourth-order valence-corrected chi connectivity index (χ4v) is 7.89. The molecule has 3 N–H and O–H groups in total. The largest absolute Gasteiger partial charge is 0.504 e. The van der Waals surface area contributed by atoms with Crippen LogP contribution in [0.1, 0.15) is 46.3 Å². The van der Waals surface area contributed by atoms with Crippen LogP contribution >= 0.6 is 0 Å². The molecule has 7 rings (SSSR count). The summed E-state index contributed by atoms with van der Waals surface area (Å²) >= 11 is 0. The number of likely N-dealkylation sites (tertiary alicyclic amines) is 1. The molecular weight excluding hydrogens is 527 g/mol. The molecular formula is C28H31FN2O7S. The van der Waals surface area contributed by atoms with E-state index in [1.807, 2.05) is 12.1 Å². The number of phenols is 1. The molecule has 9 nitrogen and oxygen atoms in total. The van der Waals surface area contributed by atoms with E-state index in [4.69, 9.17) is 9.29 Å². The first-order valence-electron chi connectivity index (χ1n) is 13.0. The van der Waals surface area contributed by atoms with Crippen molar-refractivity contribution in [1.29, 1.82) is 0 Å². The lowest BCUT2D eigenvalue weighted by Gasteiger charge is -2.64. The maximum Gasteiger partial charge on any atom is 0.261 e. The highest BCUT2D eigenvalue weighted by Gasteiger charge is 2.73. The van der Waals surface area contributed by atoms with Crippen LogP contribution in [0.3, 0.4) is 0 Å². The van der Waals surface area contributed by atoms with Gasteiger partial charge in [-0.05, 0) is 56.0 Å². The van der Waals surface area contributed by atoms with Gasteiger partial charge in [0.1, 0.15) is 11.9 Å². The highest BCUT2D eigenvalue weighted by Crippen LogP contribution is 2.66. The molecule has 2 aromatic rings.